The second kappa shape index (κ2) is 5.44. The number of fused-ring (bicyclic) bond motifs is 2. The summed E-state index contributed by atoms with van der Waals surface area (Å²) in [7, 11) is 0. The summed E-state index contributed by atoms with van der Waals surface area (Å²) in [5.74, 6) is 1.73. The van der Waals surface area contributed by atoms with E-state index in [4.69, 9.17) is 14.2 Å². The van der Waals surface area contributed by atoms with Gasteiger partial charge in [0.1, 0.15) is 6.61 Å². The third-order valence-electron chi connectivity index (χ3n) is 4.64. The van der Waals surface area contributed by atoms with E-state index in [1.807, 2.05) is 24.0 Å². The molecule has 1 aromatic carbocycles. The Morgan fingerprint density at radius 1 is 1.23 bits per heavy atom. The van der Waals surface area contributed by atoms with Crippen LogP contribution in [0, 0.1) is 0 Å². The number of likely N-dealkylation sites (N-methyl/N-ethyl adjacent to an activating group) is 1. The minimum absolute atomic E-state index is 0.105. The highest BCUT2D eigenvalue weighted by molar-refractivity contribution is 5.78. The molecule has 6 heteroatoms. The van der Waals surface area contributed by atoms with Crippen molar-refractivity contribution in [3.63, 3.8) is 0 Å². The summed E-state index contributed by atoms with van der Waals surface area (Å²) in [6.07, 6.45) is 0.131. The van der Waals surface area contributed by atoms with Gasteiger partial charge >= 0.3 is 0 Å². The van der Waals surface area contributed by atoms with Crippen LogP contribution in [-0.2, 0) is 16.1 Å². The van der Waals surface area contributed by atoms with Crippen molar-refractivity contribution in [2.45, 2.75) is 25.6 Å². The highest BCUT2D eigenvalue weighted by Gasteiger charge is 2.42. The van der Waals surface area contributed by atoms with Gasteiger partial charge in [-0.15, -0.1) is 0 Å². The lowest BCUT2D eigenvalue weighted by Gasteiger charge is -2.35. The first-order valence-electron chi connectivity index (χ1n) is 7.76. The van der Waals surface area contributed by atoms with E-state index in [0.717, 1.165) is 37.7 Å². The van der Waals surface area contributed by atoms with Crippen molar-refractivity contribution >= 4 is 5.91 Å². The zero-order chi connectivity index (χ0) is 15.1. The Balaban J connectivity index is 1.45. The number of carbonyl (C=O) groups excluding carboxylic acids is 1. The van der Waals surface area contributed by atoms with Gasteiger partial charge in [-0.3, -0.25) is 9.69 Å². The van der Waals surface area contributed by atoms with Gasteiger partial charge in [0.15, 0.2) is 11.5 Å². The van der Waals surface area contributed by atoms with E-state index in [-0.39, 0.29) is 24.7 Å². The predicted molar refractivity (Wildman–Crippen MR) is 78.8 cm³/mol. The largest absolute Gasteiger partial charge is 0.454 e. The van der Waals surface area contributed by atoms with Crippen molar-refractivity contribution in [2.24, 2.45) is 0 Å². The highest BCUT2D eigenvalue weighted by atomic mass is 16.7. The number of amides is 1. The molecule has 0 unspecified atom stereocenters. The zero-order valence-corrected chi connectivity index (χ0v) is 12.7. The van der Waals surface area contributed by atoms with Crippen molar-refractivity contribution in [3.05, 3.63) is 23.8 Å². The van der Waals surface area contributed by atoms with E-state index in [9.17, 15) is 4.79 Å². The lowest BCUT2D eigenvalue weighted by molar-refractivity contribution is -0.152. The molecule has 0 bridgehead atoms. The highest BCUT2D eigenvalue weighted by Crippen LogP contribution is 2.33. The zero-order valence-electron chi connectivity index (χ0n) is 12.7. The molecular formula is C16H20N2O4. The third kappa shape index (κ3) is 2.32. The van der Waals surface area contributed by atoms with Gasteiger partial charge in [-0.1, -0.05) is 6.07 Å². The van der Waals surface area contributed by atoms with Crippen LogP contribution in [0.15, 0.2) is 18.2 Å². The molecule has 6 nitrogen and oxygen atoms in total. The van der Waals surface area contributed by atoms with E-state index in [2.05, 4.69) is 11.0 Å². The standard InChI is InChI=1S/C16H20N2O4/c1-2-18-12-7-17(8-15(12)20-9-16(18)19)6-11-3-4-13-14(5-11)22-10-21-13/h3-5,12,15H,2,6-10H2,1H3/t12-,15-/m1/s1. The first-order chi connectivity index (χ1) is 10.7. The van der Waals surface area contributed by atoms with Gasteiger partial charge in [0.05, 0.1) is 12.1 Å². The van der Waals surface area contributed by atoms with E-state index >= 15 is 0 Å². The van der Waals surface area contributed by atoms with Crippen LogP contribution in [0.25, 0.3) is 0 Å². The Bertz CT molecular complexity index is 592. The fraction of sp³-hybridized carbons (Fsp3) is 0.562. The summed E-state index contributed by atoms with van der Waals surface area (Å²) in [6.45, 7) is 5.85. The van der Waals surface area contributed by atoms with Crippen molar-refractivity contribution in [3.8, 4) is 11.5 Å². The maximum Gasteiger partial charge on any atom is 0.248 e. The normalized spacial score (nSPS) is 27.3. The fourth-order valence-corrected chi connectivity index (χ4v) is 3.58. The van der Waals surface area contributed by atoms with Crippen LogP contribution in [0.4, 0.5) is 0 Å². The van der Waals surface area contributed by atoms with Crippen LogP contribution in [0.2, 0.25) is 0 Å². The molecule has 2 fully saturated rings. The monoisotopic (exact) mass is 304 g/mol. The molecule has 0 radical (unpaired) electrons. The summed E-state index contributed by atoms with van der Waals surface area (Å²) < 4.78 is 16.5. The molecule has 0 aliphatic carbocycles. The Morgan fingerprint density at radius 3 is 2.95 bits per heavy atom. The van der Waals surface area contributed by atoms with Crippen LogP contribution in [-0.4, -0.2) is 60.9 Å². The molecule has 2 atom stereocenters. The first kappa shape index (κ1) is 13.8. The van der Waals surface area contributed by atoms with E-state index in [0.29, 0.717) is 6.79 Å². The third-order valence-corrected chi connectivity index (χ3v) is 4.64. The van der Waals surface area contributed by atoms with Crippen LogP contribution in [0.1, 0.15) is 12.5 Å². The average molecular weight is 304 g/mol. The van der Waals surface area contributed by atoms with E-state index < -0.39 is 0 Å². The van der Waals surface area contributed by atoms with Crippen LogP contribution < -0.4 is 9.47 Å². The molecule has 2 saturated heterocycles. The van der Waals surface area contributed by atoms with Crippen molar-refractivity contribution in [1.82, 2.24) is 9.80 Å². The number of rotatable bonds is 3. The van der Waals surface area contributed by atoms with Gasteiger partial charge in [0.2, 0.25) is 12.7 Å². The van der Waals surface area contributed by atoms with Crippen LogP contribution in [0.5, 0.6) is 11.5 Å². The molecule has 0 spiro atoms. The molecule has 1 amide bonds. The summed E-state index contributed by atoms with van der Waals surface area (Å²) in [5, 5.41) is 0. The Morgan fingerprint density at radius 2 is 2.09 bits per heavy atom. The Kier molecular flexibility index (Phi) is 3.43. The molecule has 0 aromatic heterocycles. The number of hydrogen-bond acceptors (Lipinski definition) is 5. The maximum atomic E-state index is 11.9. The molecule has 3 heterocycles. The second-order valence-corrected chi connectivity index (χ2v) is 5.98. The second-order valence-electron chi connectivity index (χ2n) is 5.98. The van der Waals surface area contributed by atoms with Gasteiger partial charge in [0.25, 0.3) is 0 Å². The van der Waals surface area contributed by atoms with Gasteiger partial charge in [-0.25, -0.2) is 0 Å². The average Bonchev–Trinajstić information content (AvgIpc) is 3.13. The summed E-state index contributed by atoms with van der Waals surface area (Å²) in [5.41, 5.74) is 1.19. The number of ether oxygens (including phenoxy) is 3. The summed E-state index contributed by atoms with van der Waals surface area (Å²) in [4.78, 5) is 16.2. The predicted octanol–water partition coefficient (Wildman–Crippen LogP) is 0.847. The van der Waals surface area contributed by atoms with Gasteiger partial charge in [-0.2, -0.15) is 0 Å². The number of benzene rings is 1. The number of nitrogens with zero attached hydrogens (tertiary/aromatic N) is 2. The van der Waals surface area contributed by atoms with E-state index in [1.54, 1.807) is 0 Å². The molecule has 0 N–H and O–H groups in total. The maximum absolute atomic E-state index is 11.9. The molecule has 22 heavy (non-hydrogen) atoms. The minimum atomic E-state index is 0.105. The smallest absolute Gasteiger partial charge is 0.248 e. The van der Waals surface area contributed by atoms with Crippen LogP contribution in [0.3, 0.4) is 0 Å². The van der Waals surface area contributed by atoms with Gasteiger partial charge < -0.3 is 19.1 Å². The lowest BCUT2D eigenvalue weighted by atomic mass is 10.1. The van der Waals surface area contributed by atoms with Crippen molar-refractivity contribution in [1.29, 1.82) is 0 Å². The minimum Gasteiger partial charge on any atom is -0.454 e. The molecule has 4 rings (SSSR count). The Labute approximate surface area is 129 Å². The number of carbonyl (C=O) groups is 1. The van der Waals surface area contributed by atoms with Gasteiger partial charge in [0, 0.05) is 26.2 Å². The van der Waals surface area contributed by atoms with Crippen molar-refractivity contribution < 1.29 is 19.0 Å². The lowest BCUT2D eigenvalue weighted by Crippen LogP contribution is -2.53. The SMILES string of the molecule is CCN1C(=O)CO[C@@H]2CN(Cc3ccc4c(c3)OCO4)C[C@H]21. The molecule has 3 aliphatic heterocycles. The fourth-order valence-electron chi connectivity index (χ4n) is 3.58. The van der Waals surface area contributed by atoms with Crippen molar-refractivity contribution in [2.75, 3.05) is 33.0 Å². The van der Waals surface area contributed by atoms with Gasteiger partial charge in [-0.05, 0) is 24.6 Å². The number of morpholine rings is 1. The molecule has 118 valence electrons. The molecule has 1 aromatic rings. The summed E-state index contributed by atoms with van der Waals surface area (Å²) in [6, 6.07) is 6.24. The van der Waals surface area contributed by atoms with E-state index in [1.165, 1.54) is 5.56 Å². The van der Waals surface area contributed by atoms with Crippen LogP contribution >= 0.6 is 0 Å². The molecule has 0 saturated carbocycles. The summed E-state index contributed by atoms with van der Waals surface area (Å²) >= 11 is 0. The molecular weight excluding hydrogens is 284 g/mol. The topological polar surface area (TPSA) is 51.2 Å². The molecule has 3 aliphatic rings. The first-order valence-corrected chi connectivity index (χ1v) is 7.76. The number of hydrogen-bond donors (Lipinski definition) is 0. The Hall–Kier alpha value is -1.79. The quantitative estimate of drug-likeness (QED) is 0.828. The number of likely N-dealkylation sites (tertiary alicyclic amines) is 1.